The number of carbonyl (C=O) groups excluding carboxylic acids is 2. The number of rotatable bonds is 7. The van der Waals surface area contributed by atoms with E-state index in [1.807, 2.05) is 36.1 Å². The number of anilines is 4. The van der Waals surface area contributed by atoms with Crippen molar-refractivity contribution in [3.8, 4) is 0 Å². The van der Waals surface area contributed by atoms with Crippen LogP contribution in [0.2, 0.25) is 0 Å². The summed E-state index contributed by atoms with van der Waals surface area (Å²) >= 11 is 0. The Balaban J connectivity index is 1.58. The molecule has 4 N–H and O–H groups in total. The average Bonchev–Trinajstić information content (AvgIpc) is 3.13. The van der Waals surface area contributed by atoms with Gasteiger partial charge in [-0.3, -0.25) is 9.59 Å². The molecule has 0 saturated carbocycles. The van der Waals surface area contributed by atoms with E-state index in [-0.39, 0.29) is 17.2 Å². The lowest BCUT2D eigenvalue weighted by Crippen LogP contribution is -2.50. The molecule has 10 heteroatoms. The smallest absolute Gasteiger partial charge is 0.254 e. The number of hydrogen-bond acceptors (Lipinski definition) is 8. The highest BCUT2D eigenvalue weighted by molar-refractivity contribution is 6.04. The van der Waals surface area contributed by atoms with Crippen LogP contribution in [0.1, 0.15) is 48.7 Å². The van der Waals surface area contributed by atoms with E-state index in [1.165, 1.54) is 12.8 Å². The summed E-state index contributed by atoms with van der Waals surface area (Å²) in [6.45, 7) is 6.25. The number of hydrogen-bond donors (Lipinski definition) is 3. The Kier molecular flexibility index (Phi) is 7.24. The number of aromatic nitrogens is 2. The summed E-state index contributed by atoms with van der Waals surface area (Å²) in [5.41, 5.74) is 7.61. The van der Waals surface area contributed by atoms with Gasteiger partial charge in [0.25, 0.3) is 5.91 Å². The van der Waals surface area contributed by atoms with E-state index in [0.717, 1.165) is 56.6 Å². The van der Waals surface area contributed by atoms with Gasteiger partial charge in [0.2, 0.25) is 11.9 Å². The molecule has 0 radical (unpaired) electrons. The summed E-state index contributed by atoms with van der Waals surface area (Å²) in [4.78, 5) is 39.6. The minimum atomic E-state index is -0.688. The summed E-state index contributed by atoms with van der Waals surface area (Å²) < 4.78 is 0. The van der Waals surface area contributed by atoms with E-state index >= 15 is 0 Å². The predicted octanol–water partition coefficient (Wildman–Crippen LogP) is 2.37. The van der Waals surface area contributed by atoms with Gasteiger partial charge < -0.3 is 31.2 Å². The molecule has 0 spiro atoms. The first-order valence-electron chi connectivity index (χ1n) is 11.9. The predicted molar refractivity (Wildman–Crippen MR) is 133 cm³/mol. The van der Waals surface area contributed by atoms with Crippen LogP contribution >= 0.6 is 0 Å². The zero-order valence-electron chi connectivity index (χ0n) is 19.6. The molecule has 3 heterocycles. The van der Waals surface area contributed by atoms with E-state index in [9.17, 15) is 9.59 Å². The summed E-state index contributed by atoms with van der Waals surface area (Å²) in [6.07, 6.45) is 5.50. The second-order valence-electron chi connectivity index (χ2n) is 8.61. The highest BCUT2D eigenvalue weighted by Gasteiger charge is 2.24. The molecule has 1 aromatic heterocycles. The second-order valence-corrected chi connectivity index (χ2v) is 8.61. The van der Waals surface area contributed by atoms with Gasteiger partial charge in [-0.15, -0.1) is 0 Å². The number of carbonyl (C=O) groups is 2. The molecule has 10 nitrogen and oxygen atoms in total. The Bertz CT molecular complexity index is 1050. The van der Waals surface area contributed by atoms with Gasteiger partial charge in [-0.25, -0.2) is 4.98 Å². The fraction of sp³-hybridized carbons (Fsp3) is 0.458. The van der Waals surface area contributed by atoms with E-state index in [2.05, 4.69) is 25.1 Å². The van der Waals surface area contributed by atoms with E-state index in [0.29, 0.717) is 24.9 Å². The molecule has 180 valence electrons. The zero-order chi connectivity index (χ0) is 24.1. The standard InChI is InChI=1S/C24H32N8O2/c1-2-30-13-14-32(16-20(30)33)18-9-7-17(8-10-18)27-23-21(22(26)34)19(15-25)28-24(29-23)31-11-5-3-4-6-12-31/h7-10,15,25H,2-6,11-14,16H2,1H3,(H2,26,34)(H,27,28,29). The lowest BCUT2D eigenvalue weighted by molar-refractivity contribution is -0.130. The molecule has 2 aliphatic rings. The number of nitrogens with two attached hydrogens (primary N) is 1. The summed E-state index contributed by atoms with van der Waals surface area (Å²) in [6, 6.07) is 7.65. The van der Waals surface area contributed by atoms with Gasteiger partial charge in [-0.2, -0.15) is 4.98 Å². The maximum absolute atomic E-state index is 12.3. The molecular weight excluding hydrogens is 432 g/mol. The van der Waals surface area contributed by atoms with E-state index in [4.69, 9.17) is 11.1 Å². The van der Waals surface area contributed by atoms with Gasteiger partial charge in [0.15, 0.2) is 0 Å². The third-order valence-electron chi connectivity index (χ3n) is 6.39. The highest BCUT2D eigenvalue weighted by atomic mass is 16.2. The largest absolute Gasteiger partial charge is 0.365 e. The van der Waals surface area contributed by atoms with Crippen molar-refractivity contribution in [2.45, 2.75) is 32.6 Å². The molecule has 0 unspecified atom stereocenters. The number of likely N-dealkylation sites (N-methyl/N-ethyl adjacent to an activating group) is 1. The molecule has 1 aromatic carbocycles. The molecule has 0 bridgehead atoms. The molecule has 34 heavy (non-hydrogen) atoms. The van der Waals surface area contributed by atoms with Crippen molar-refractivity contribution < 1.29 is 9.59 Å². The van der Waals surface area contributed by atoms with Crippen molar-refractivity contribution in [2.75, 3.05) is 54.4 Å². The third kappa shape index (κ3) is 5.11. The molecule has 2 amide bonds. The Morgan fingerprint density at radius 3 is 2.35 bits per heavy atom. The Morgan fingerprint density at radius 1 is 1.06 bits per heavy atom. The van der Waals surface area contributed by atoms with Gasteiger partial charge in [-0.05, 0) is 44.0 Å². The van der Waals surface area contributed by atoms with Crippen molar-refractivity contribution in [2.24, 2.45) is 5.73 Å². The number of nitrogens with zero attached hydrogens (tertiary/aromatic N) is 5. The lowest BCUT2D eigenvalue weighted by atomic mass is 10.2. The molecule has 2 saturated heterocycles. The Morgan fingerprint density at radius 2 is 1.76 bits per heavy atom. The summed E-state index contributed by atoms with van der Waals surface area (Å²) in [5.74, 6) is 0.229. The Hall–Kier alpha value is -3.69. The topological polar surface area (TPSA) is 132 Å². The number of nitrogens with one attached hydrogen (secondary N) is 2. The van der Waals surface area contributed by atoms with Crippen LogP contribution in [-0.4, -0.2) is 72.2 Å². The van der Waals surface area contributed by atoms with Gasteiger partial charge in [0.05, 0.1) is 6.54 Å². The number of benzene rings is 1. The van der Waals surface area contributed by atoms with Crippen LogP contribution in [0.4, 0.5) is 23.1 Å². The van der Waals surface area contributed by atoms with Gasteiger partial charge in [0.1, 0.15) is 17.1 Å². The van der Waals surface area contributed by atoms with Crippen LogP contribution in [0.25, 0.3) is 0 Å². The summed E-state index contributed by atoms with van der Waals surface area (Å²) in [7, 11) is 0. The van der Waals surface area contributed by atoms with Crippen molar-refractivity contribution in [3.63, 3.8) is 0 Å². The van der Waals surface area contributed by atoms with E-state index in [1.54, 1.807) is 0 Å². The van der Waals surface area contributed by atoms with Crippen molar-refractivity contribution in [1.29, 1.82) is 5.41 Å². The van der Waals surface area contributed by atoms with Gasteiger partial charge >= 0.3 is 0 Å². The normalized spacial score (nSPS) is 16.9. The van der Waals surface area contributed by atoms with Gasteiger partial charge in [0, 0.05) is 50.3 Å². The van der Waals surface area contributed by atoms with Crippen LogP contribution in [0.3, 0.4) is 0 Å². The second kappa shape index (κ2) is 10.5. The van der Waals surface area contributed by atoms with Crippen LogP contribution in [-0.2, 0) is 4.79 Å². The maximum atomic E-state index is 12.3. The fourth-order valence-electron chi connectivity index (χ4n) is 4.47. The molecule has 2 aliphatic heterocycles. The zero-order valence-corrected chi connectivity index (χ0v) is 19.6. The van der Waals surface area contributed by atoms with Crippen molar-refractivity contribution in [1.82, 2.24) is 14.9 Å². The van der Waals surface area contributed by atoms with Crippen LogP contribution in [0.15, 0.2) is 24.3 Å². The van der Waals surface area contributed by atoms with Crippen LogP contribution < -0.4 is 20.9 Å². The first-order chi connectivity index (χ1) is 16.5. The first kappa shape index (κ1) is 23.5. The number of primary amides is 1. The molecule has 2 aromatic rings. The average molecular weight is 465 g/mol. The Labute approximate surface area is 199 Å². The molecular formula is C24H32N8O2. The van der Waals surface area contributed by atoms with Crippen LogP contribution in [0.5, 0.6) is 0 Å². The minimum absolute atomic E-state index is 0.0962. The quantitative estimate of drug-likeness (QED) is 0.536. The van der Waals surface area contributed by atoms with Crippen molar-refractivity contribution in [3.05, 3.63) is 35.5 Å². The highest BCUT2D eigenvalue weighted by Crippen LogP contribution is 2.27. The number of piperazine rings is 1. The molecule has 0 aliphatic carbocycles. The first-order valence-corrected chi connectivity index (χ1v) is 11.9. The lowest BCUT2D eigenvalue weighted by Gasteiger charge is -2.35. The van der Waals surface area contributed by atoms with E-state index < -0.39 is 5.91 Å². The van der Waals surface area contributed by atoms with Crippen LogP contribution in [0, 0.1) is 5.41 Å². The monoisotopic (exact) mass is 464 g/mol. The van der Waals surface area contributed by atoms with Crippen molar-refractivity contribution >= 4 is 41.2 Å². The summed E-state index contributed by atoms with van der Waals surface area (Å²) in [5, 5.41) is 11.0. The molecule has 0 atom stereocenters. The number of amides is 2. The molecule has 4 rings (SSSR count). The third-order valence-corrected chi connectivity index (χ3v) is 6.39. The fourth-order valence-corrected chi connectivity index (χ4v) is 4.47. The SMILES string of the molecule is CCN1CCN(c2ccc(Nc3nc(N4CCCCCC4)nc(C=N)c3C(N)=O)cc2)CC1=O. The maximum Gasteiger partial charge on any atom is 0.254 e. The van der Waals surface area contributed by atoms with Gasteiger partial charge in [-0.1, -0.05) is 12.8 Å². The molecule has 2 fully saturated rings. The minimum Gasteiger partial charge on any atom is -0.365 e.